The molecule has 0 aliphatic heterocycles. The van der Waals surface area contributed by atoms with Gasteiger partial charge in [0.25, 0.3) is 0 Å². The molecule has 0 aromatic heterocycles. The Morgan fingerprint density at radius 2 is 2.00 bits per heavy atom. The van der Waals surface area contributed by atoms with Gasteiger partial charge in [-0.25, -0.2) is 0 Å². The van der Waals surface area contributed by atoms with E-state index < -0.39 is 0 Å². The summed E-state index contributed by atoms with van der Waals surface area (Å²) in [5.41, 5.74) is 5.35. The van der Waals surface area contributed by atoms with Gasteiger partial charge in [-0.05, 0) is 24.8 Å². The molecule has 0 aromatic rings. The summed E-state index contributed by atoms with van der Waals surface area (Å²) in [7, 11) is 0. The van der Waals surface area contributed by atoms with E-state index in [-0.39, 0.29) is 11.5 Å². The number of aliphatic hydroxyl groups is 1. The fourth-order valence-corrected chi connectivity index (χ4v) is 0.784. The molecule has 0 aliphatic carbocycles. The quantitative estimate of drug-likeness (QED) is 0.623. The highest BCUT2D eigenvalue weighted by molar-refractivity contribution is 4.75. The first-order chi connectivity index (χ1) is 4.54. The van der Waals surface area contributed by atoms with Crippen molar-refractivity contribution in [3.8, 4) is 0 Å². The van der Waals surface area contributed by atoms with E-state index in [4.69, 9.17) is 5.73 Å². The van der Waals surface area contributed by atoms with Gasteiger partial charge in [-0.3, -0.25) is 0 Å². The molecule has 0 aliphatic rings. The molecule has 0 spiro atoms. The van der Waals surface area contributed by atoms with Gasteiger partial charge in [-0.15, -0.1) is 0 Å². The second-order valence-electron chi connectivity index (χ2n) is 3.44. The average molecular weight is 145 g/mol. The molecule has 0 bridgehead atoms. The minimum Gasteiger partial charge on any atom is -0.393 e. The smallest absolute Gasteiger partial charge is 0.0603 e. The van der Waals surface area contributed by atoms with E-state index in [9.17, 15) is 5.11 Å². The molecule has 0 unspecified atom stereocenters. The predicted octanol–water partition coefficient (Wildman–Crippen LogP) is 1.13. The Balaban J connectivity index is 3.78. The third kappa shape index (κ3) is 2.67. The first-order valence-electron chi connectivity index (χ1n) is 3.92. The third-order valence-electron chi connectivity index (χ3n) is 2.25. The minimum atomic E-state index is -0.248. The van der Waals surface area contributed by atoms with E-state index in [2.05, 4.69) is 20.8 Å². The van der Waals surface area contributed by atoms with Crippen LogP contribution in [0.5, 0.6) is 0 Å². The van der Waals surface area contributed by atoms with E-state index in [1.54, 1.807) is 0 Å². The molecule has 0 rings (SSSR count). The van der Waals surface area contributed by atoms with Gasteiger partial charge in [0.05, 0.1) is 6.10 Å². The third-order valence-corrected chi connectivity index (χ3v) is 2.25. The maximum Gasteiger partial charge on any atom is 0.0603 e. The monoisotopic (exact) mass is 145 g/mol. The lowest BCUT2D eigenvalue weighted by Crippen LogP contribution is -2.30. The van der Waals surface area contributed by atoms with Crippen LogP contribution in [0.15, 0.2) is 0 Å². The largest absolute Gasteiger partial charge is 0.393 e. The molecule has 0 heterocycles. The van der Waals surface area contributed by atoms with E-state index in [1.165, 1.54) is 0 Å². The number of aliphatic hydroxyl groups excluding tert-OH is 1. The molecule has 0 radical (unpaired) electrons. The van der Waals surface area contributed by atoms with Crippen molar-refractivity contribution >= 4 is 0 Å². The van der Waals surface area contributed by atoms with Crippen LogP contribution in [0.3, 0.4) is 0 Å². The highest BCUT2D eigenvalue weighted by Gasteiger charge is 2.24. The molecule has 2 heteroatoms. The molecule has 62 valence electrons. The zero-order valence-corrected chi connectivity index (χ0v) is 7.22. The summed E-state index contributed by atoms with van der Waals surface area (Å²) in [5, 5.41) is 9.50. The van der Waals surface area contributed by atoms with Crippen LogP contribution in [0.1, 0.15) is 33.6 Å². The van der Waals surface area contributed by atoms with Gasteiger partial charge in [0.1, 0.15) is 0 Å². The van der Waals surface area contributed by atoms with Crippen LogP contribution < -0.4 is 5.73 Å². The van der Waals surface area contributed by atoms with Gasteiger partial charge < -0.3 is 10.8 Å². The van der Waals surface area contributed by atoms with E-state index in [1.807, 2.05) is 0 Å². The van der Waals surface area contributed by atoms with E-state index in [0.717, 1.165) is 6.42 Å². The summed E-state index contributed by atoms with van der Waals surface area (Å²) >= 11 is 0. The van der Waals surface area contributed by atoms with Gasteiger partial charge in [-0.1, -0.05) is 20.8 Å². The molecule has 0 fully saturated rings. The molecular formula is C8H19NO. The topological polar surface area (TPSA) is 46.2 Å². The Labute approximate surface area is 63.4 Å². The van der Waals surface area contributed by atoms with E-state index >= 15 is 0 Å². The molecule has 10 heavy (non-hydrogen) atoms. The van der Waals surface area contributed by atoms with Crippen molar-refractivity contribution in [3.63, 3.8) is 0 Å². The fourth-order valence-electron chi connectivity index (χ4n) is 0.784. The van der Waals surface area contributed by atoms with Crippen LogP contribution in [-0.2, 0) is 0 Å². The Morgan fingerprint density at radius 3 is 2.30 bits per heavy atom. The highest BCUT2D eigenvalue weighted by Crippen LogP contribution is 2.25. The SMILES string of the molecule is CCC(C)(C)[C@@H](O)CCN. The maximum absolute atomic E-state index is 9.50. The second-order valence-corrected chi connectivity index (χ2v) is 3.44. The Kier molecular flexibility index (Phi) is 3.91. The highest BCUT2D eigenvalue weighted by atomic mass is 16.3. The van der Waals surface area contributed by atoms with Crippen LogP contribution >= 0.6 is 0 Å². The number of nitrogens with two attached hydrogens (primary N) is 1. The van der Waals surface area contributed by atoms with Gasteiger partial charge in [0.2, 0.25) is 0 Å². The van der Waals surface area contributed by atoms with Gasteiger partial charge in [0, 0.05) is 0 Å². The molecule has 1 atom stereocenters. The fraction of sp³-hybridized carbons (Fsp3) is 1.00. The lowest BCUT2D eigenvalue weighted by Gasteiger charge is -2.28. The van der Waals surface area contributed by atoms with Crippen molar-refractivity contribution in [1.29, 1.82) is 0 Å². The Hall–Kier alpha value is -0.0800. The van der Waals surface area contributed by atoms with Crippen molar-refractivity contribution in [1.82, 2.24) is 0 Å². The molecule has 0 saturated carbocycles. The molecule has 3 N–H and O–H groups in total. The van der Waals surface area contributed by atoms with Crippen LogP contribution in [0.2, 0.25) is 0 Å². The number of hydrogen-bond acceptors (Lipinski definition) is 2. The minimum absolute atomic E-state index is 0.0272. The van der Waals surface area contributed by atoms with Gasteiger partial charge in [-0.2, -0.15) is 0 Å². The van der Waals surface area contributed by atoms with Gasteiger partial charge in [0.15, 0.2) is 0 Å². The zero-order valence-electron chi connectivity index (χ0n) is 7.22. The standard InChI is InChI=1S/C8H19NO/c1-4-8(2,3)7(10)5-6-9/h7,10H,4-6,9H2,1-3H3/t7-/m0/s1. The van der Waals surface area contributed by atoms with Crippen LogP contribution in [-0.4, -0.2) is 17.8 Å². The first-order valence-corrected chi connectivity index (χ1v) is 3.92. The summed E-state index contributed by atoms with van der Waals surface area (Å²) in [4.78, 5) is 0. The molecular weight excluding hydrogens is 126 g/mol. The first kappa shape index (κ1) is 9.92. The summed E-state index contributed by atoms with van der Waals surface area (Å²) in [6.07, 6.45) is 1.46. The molecule has 0 saturated heterocycles. The van der Waals surface area contributed by atoms with Crippen molar-refractivity contribution in [3.05, 3.63) is 0 Å². The van der Waals surface area contributed by atoms with Crippen molar-refractivity contribution in [2.75, 3.05) is 6.54 Å². The van der Waals surface area contributed by atoms with Crippen LogP contribution in [0.25, 0.3) is 0 Å². The van der Waals surface area contributed by atoms with Crippen molar-refractivity contribution in [2.45, 2.75) is 39.7 Å². The zero-order chi connectivity index (χ0) is 8.20. The molecule has 0 aromatic carbocycles. The number of hydrogen-bond donors (Lipinski definition) is 2. The molecule has 2 nitrogen and oxygen atoms in total. The summed E-state index contributed by atoms with van der Waals surface area (Å²) in [6.45, 7) is 6.78. The van der Waals surface area contributed by atoms with Crippen molar-refractivity contribution in [2.24, 2.45) is 11.1 Å². The Bertz CT molecular complexity index is 91.3. The van der Waals surface area contributed by atoms with Crippen molar-refractivity contribution < 1.29 is 5.11 Å². The lowest BCUT2D eigenvalue weighted by atomic mass is 9.82. The summed E-state index contributed by atoms with van der Waals surface area (Å²) < 4.78 is 0. The van der Waals surface area contributed by atoms with E-state index in [0.29, 0.717) is 13.0 Å². The molecule has 0 amide bonds. The van der Waals surface area contributed by atoms with Crippen LogP contribution in [0, 0.1) is 5.41 Å². The normalized spacial score (nSPS) is 15.3. The summed E-state index contributed by atoms with van der Waals surface area (Å²) in [5.74, 6) is 0. The van der Waals surface area contributed by atoms with Gasteiger partial charge >= 0.3 is 0 Å². The average Bonchev–Trinajstić information content (AvgIpc) is 1.89. The van der Waals surface area contributed by atoms with Crippen LogP contribution in [0.4, 0.5) is 0 Å². The Morgan fingerprint density at radius 1 is 1.50 bits per heavy atom. The predicted molar refractivity (Wildman–Crippen MR) is 43.8 cm³/mol. The lowest BCUT2D eigenvalue weighted by molar-refractivity contribution is 0.0426. The summed E-state index contributed by atoms with van der Waals surface area (Å²) in [6, 6.07) is 0. The second kappa shape index (κ2) is 3.94. The number of rotatable bonds is 4. The maximum atomic E-state index is 9.50.